The summed E-state index contributed by atoms with van der Waals surface area (Å²) in [6.07, 6.45) is 3.21. The minimum atomic E-state index is -0.475. The predicted molar refractivity (Wildman–Crippen MR) is 99.8 cm³/mol. The average molecular weight is 375 g/mol. The van der Waals surface area contributed by atoms with Gasteiger partial charge in [-0.1, -0.05) is 0 Å². The van der Waals surface area contributed by atoms with Crippen LogP contribution in [0.2, 0.25) is 0 Å². The molecule has 8 nitrogen and oxygen atoms in total. The number of carbonyl (C=O) groups excluding carboxylic acids is 2. The molecule has 0 saturated carbocycles. The highest BCUT2D eigenvalue weighted by Gasteiger charge is 2.31. The van der Waals surface area contributed by atoms with Crippen LogP contribution in [-0.4, -0.2) is 54.5 Å². The van der Waals surface area contributed by atoms with Gasteiger partial charge in [-0.3, -0.25) is 19.7 Å². The fraction of sp³-hybridized carbons (Fsp3) is 0.579. The standard InChI is InChI=1S/C19H25N3O5/c1-2-27-19(24)14-7-11-21(12-8-14)18(23)16-13-15(22(25)26)5-6-17(16)20-9-3-4-10-20/h5-6,13-14H,2-4,7-12H2,1H3. The lowest BCUT2D eigenvalue weighted by Gasteiger charge is -2.32. The Morgan fingerprint density at radius 1 is 1.19 bits per heavy atom. The number of ether oxygens (including phenoxy) is 1. The van der Waals surface area contributed by atoms with Gasteiger partial charge in [0.15, 0.2) is 0 Å². The lowest BCUT2D eigenvalue weighted by atomic mass is 9.96. The van der Waals surface area contributed by atoms with Gasteiger partial charge >= 0.3 is 5.97 Å². The second-order valence-corrected chi connectivity index (χ2v) is 6.97. The summed E-state index contributed by atoms with van der Waals surface area (Å²) in [7, 11) is 0. The Bertz CT molecular complexity index is 722. The molecule has 3 rings (SSSR count). The maximum atomic E-state index is 13.1. The Balaban J connectivity index is 1.78. The predicted octanol–water partition coefficient (Wildman–Crippen LogP) is 2.61. The molecule has 2 saturated heterocycles. The minimum Gasteiger partial charge on any atom is -0.466 e. The summed E-state index contributed by atoms with van der Waals surface area (Å²) in [6, 6.07) is 4.52. The highest BCUT2D eigenvalue weighted by molar-refractivity contribution is 6.00. The van der Waals surface area contributed by atoms with Gasteiger partial charge in [0.25, 0.3) is 11.6 Å². The van der Waals surface area contributed by atoms with Gasteiger partial charge in [0.1, 0.15) is 0 Å². The van der Waals surface area contributed by atoms with E-state index in [1.165, 1.54) is 12.1 Å². The molecule has 0 aromatic heterocycles. The number of amides is 1. The van der Waals surface area contributed by atoms with E-state index in [9.17, 15) is 19.7 Å². The fourth-order valence-electron chi connectivity index (χ4n) is 3.79. The van der Waals surface area contributed by atoms with E-state index in [2.05, 4.69) is 4.90 Å². The Kier molecular flexibility index (Phi) is 5.93. The first-order valence-corrected chi connectivity index (χ1v) is 9.50. The maximum absolute atomic E-state index is 13.1. The van der Waals surface area contributed by atoms with Crippen LogP contribution in [0, 0.1) is 16.0 Å². The van der Waals surface area contributed by atoms with Gasteiger partial charge in [0, 0.05) is 38.3 Å². The molecule has 146 valence electrons. The van der Waals surface area contributed by atoms with E-state index in [0.717, 1.165) is 31.6 Å². The van der Waals surface area contributed by atoms with Gasteiger partial charge < -0.3 is 14.5 Å². The van der Waals surface area contributed by atoms with Crippen molar-refractivity contribution in [2.45, 2.75) is 32.6 Å². The van der Waals surface area contributed by atoms with Crippen molar-refractivity contribution >= 4 is 23.3 Å². The molecule has 0 radical (unpaired) electrons. The zero-order valence-corrected chi connectivity index (χ0v) is 15.6. The van der Waals surface area contributed by atoms with E-state index in [1.54, 1.807) is 17.9 Å². The summed E-state index contributed by atoms with van der Waals surface area (Å²) in [5, 5.41) is 11.2. The molecule has 2 aliphatic rings. The van der Waals surface area contributed by atoms with Crippen LogP contribution >= 0.6 is 0 Å². The summed E-state index contributed by atoms with van der Waals surface area (Å²) in [6.45, 7) is 4.73. The fourth-order valence-corrected chi connectivity index (χ4v) is 3.79. The summed E-state index contributed by atoms with van der Waals surface area (Å²) in [5.74, 6) is -0.599. The Morgan fingerprint density at radius 3 is 2.44 bits per heavy atom. The topological polar surface area (TPSA) is 93.0 Å². The van der Waals surface area contributed by atoms with Gasteiger partial charge in [0.05, 0.1) is 28.7 Å². The molecule has 0 spiro atoms. The molecule has 8 heteroatoms. The number of nitro groups is 1. The second-order valence-electron chi connectivity index (χ2n) is 6.97. The van der Waals surface area contributed by atoms with Gasteiger partial charge in [0.2, 0.25) is 0 Å². The monoisotopic (exact) mass is 375 g/mol. The average Bonchev–Trinajstić information content (AvgIpc) is 3.22. The first kappa shape index (κ1) is 19.1. The molecule has 0 bridgehead atoms. The lowest BCUT2D eigenvalue weighted by Crippen LogP contribution is -2.41. The van der Waals surface area contributed by atoms with Crippen LogP contribution in [0.3, 0.4) is 0 Å². The van der Waals surface area contributed by atoms with Crippen LogP contribution < -0.4 is 4.90 Å². The second kappa shape index (κ2) is 8.37. The van der Waals surface area contributed by atoms with Crippen LogP contribution in [0.1, 0.15) is 43.0 Å². The molecular weight excluding hydrogens is 350 g/mol. The number of rotatable bonds is 5. The number of piperidine rings is 1. The number of hydrogen-bond donors (Lipinski definition) is 0. The molecule has 1 aromatic carbocycles. The number of nitrogens with zero attached hydrogens (tertiary/aromatic N) is 3. The molecule has 0 atom stereocenters. The zero-order chi connectivity index (χ0) is 19.4. The number of non-ortho nitro benzene ring substituents is 1. The van der Waals surface area contributed by atoms with Crippen molar-refractivity contribution in [3.8, 4) is 0 Å². The number of anilines is 1. The zero-order valence-electron chi connectivity index (χ0n) is 15.6. The molecule has 0 unspecified atom stereocenters. The molecule has 1 amide bonds. The Labute approximate surface area is 158 Å². The quantitative estimate of drug-likeness (QED) is 0.446. The Morgan fingerprint density at radius 2 is 1.85 bits per heavy atom. The van der Waals surface area contributed by atoms with Crippen molar-refractivity contribution in [1.82, 2.24) is 4.90 Å². The summed E-state index contributed by atoms with van der Waals surface area (Å²) in [4.78, 5) is 39.5. The number of carbonyl (C=O) groups is 2. The van der Waals surface area contributed by atoms with Gasteiger partial charge in [-0.15, -0.1) is 0 Å². The highest BCUT2D eigenvalue weighted by atomic mass is 16.6. The van der Waals surface area contributed by atoms with E-state index in [1.807, 2.05) is 0 Å². The molecule has 1 aromatic rings. The van der Waals surface area contributed by atoms with Gasteiger partial charge in [-0.25, -0.2) is 0 Å². The number of benzene rings is 1. The minimum absolute atomic E-state index is 0.0808. The summed E-state index contributed by atoms with van der Waals surface area (Å²) in [5.41, 5.74) is 1.05. The molecule has 0 aliphatic carbocycles. The molecule has 27 heavy (non-hydrogen) atoms. The van der Waals surface area contributed by atoms with E-state index >= 15 is 0 Å². The summed E-state index contributed by atoms with van der Waals surface area (Å²) >= 11 is 0. The molecule has 2 heterocycles. The van der Waals surface area contributed by atoms with Crippen LogP contribution in [0.15, 0.2) is 18.2 Å². The first-order valence-electron chi connectivity index (χ1n) is 9.50. The third-order valence-corrected chi connectivity index (χ3v) is 5.27. The summed E-state index contributed by atoms with van der Waals surface area (Å²) < 4.78 is 5.07. The first-order chi connectivity index (χ1) is 13.0. The van der Waals surface area contributed by atoms with Crippen molar-refractivity contribution in [2.24, 2.45) is 5.92 Å². The number of hydrogen-bond acceptors (Lipinski definition) is 6. The van der Waals surface area contributed by atoms with Gasteiger partial charge in [-0.05, 0) is 38.7 Å². The molecule has 2 fully saturated rings. The van der Waals surface area contributed by atoms with Crippen LogP contribution in [0.4, 0.5) is 11.4 Å². The van der Waals surface area contributed by atoms with Crippen molar-refractivity contribution in [2.75, 3.05) is 37.7 Å². The number of nitro benzene ring substituents is 1. The number of esters is 1. The van der Waals surface area contributed by atoms with E-state index in [0.29, 0.717) is 38.1 Å². The Hall–Kier alpha value is -2.64. The van der Waals surface area contributed by atoms with Crippen molar-refractivity contribution in [3.63, 3.8) is 0 Å². The van der Waals surface area contributed by atoms with Crippen LogP contribution in [-0.2, 0) is 9.53 Å². The van der Waals surface area contributed by atoms with Crippen molar-refractivity contribution in [3.05, 3.63) is 33.9 Å². The largest absolute Gasteiger partial charge is 0.466 e. The van der Waals surface area contributed by atoms with E-state index in [4.69, 9.17) is 4.74 Å². The van der Waals surface area contributed by atoms with Gasteiger partial charge in [-0.2, -0.15) is 0 Å². The van der Waals surface area contributed by atoms with Crippen LogP contribution in [0.5, 0.6) is 0 Å². The maximum Gasteiger partial charge on any atom is 0.309 e. The lowest BCUT2D eigenvalue weighted by molar-refractivity contribution is -0.384. The molecule has 2 aliphatic heterocycles. The number of likely N-dealkylation sites (tertiary alicyclic amines) is 1. The van der Waals surface area contributed by atoms with Crippen molar-refractivity contribution in [1.29, 1.82) is 0 Å². The van der Waals surface area contributed by atoms with E-state index < -0.39 is 4.92 Å². The third-order valence-electron chi connectivity index (χ3n) is 5.27. The van der Waals surface area contributed by atoms with Crippen molar-refractivity contribution < 1.29 is 19.2 Å². The normalized spacial score (nSPS) is 17.8. The SMILES string of the molecule is CCOC(=O)C1CCN(C(=O)c2cc([N+](=O)[O-])ccc2N2CCCC2)CC1. The smallest absolute Gasteiger partial charge is 0.309 e. The highest BCUT2D eigenvalue weighted by Crippen LogP contribution is 2.30. The molecule has 0 N–H and O–H groups in total. The van der Waals surface area contributed by atoms with E-state index in [-0.39, 0.29) is 23.5 Å². The third kappa shape index (κ3) is 4.20. The molecular formula is C19H25N3O5. The van der Waals surface area contributed by atoms with Crippen LogP contribution in [0.25, 0.3) is 0 Å².